The van der Waals surface area contributed by atoms with E-state index in [4.69, 9.17) is 9.84 Å². The molecular weight excluding hydrogens is 471 g/mol. The largest absolute Gasteiger partial charge is 0.492 e. The number of aryl methyl sites for hydroxylation is 1. The van der Waals surface area contributed by atoms with Gasteiger partial charge in [-0.25, -0.2) is 4.39 Å². The number of ether oxygens (including phenoxy) is 1. The minimum atomic E-state index is -0.866. The number of pyridine rings is 1. The van der Waals surface area contributed by atoms with E-state index in [0.29, 0.717) is 35.6 Å². The average Bonchev–Trinajstić information content (AvgIpc) is 3.40. The van der Waals surface area contributed by atoms with Crippen molar-refractivity contribution in [3.05, 3.63) is 77.4 Å². The smallest absolute Gasteiger partial charge is 0.303 e. The van der Waals surface area contributed by atoms with Crippen LogP contribution in [0.4, 0.5) is 10.1 Å². The molecule has 1 atom stereocenters. The number of carboxylic acid groups (broad SMARTS) is 1. The summed E-state index contributed by atoms with van der Waals surface area (Å²) in [6.07, 6.45) is 7.47. The van der Waals surface area contributed by atoms with Gasteiger partial charge in [0.15, 0.2) is 0 Å². The Hall–Kier alpha value is -3.74. The predicted molar refractivity (Wildman–Crippen MR) is 141 cm³/mol. The van der Waals surface area contributed by atoms with Crippen LogP contribution in [0.25, 0.3) is 11.1 Å². The van der Waals surface area contributed by atoms with Gasteiger partial charge in [-0.05, 0) is 73.9 Å². The quantitative estimate of drug-likeness (QED) is 0.328. The molecule has 2 N–H and O–H groups in total. The summed E-state index contributed by atoms with van der Waals surface area (Å²) in [5.41, 5.74) is 4.14. The zero-order valence-electron chi connectivity index (χ0n) is 21.3. The van der Waals surface area contributed by atoms with E-state index in [-0.39, 0.29) is 18.2 Å². The minimum absolute atomic E-state index is 0.0174. The number of carbonyl (C=O) groups excluding carboxylic acids is 1. The van der Waals surface area contributed by atoms with E-state index in [9.17, 15) is 9.59 Å². The van der Waals surface area contributed by atoms with E-state index in [1.54, 1.807) is 24.5 Å². The van der Waals surface area contributed by atoms with Crippen LogP contribution in [0.3, 0.4) is 0 Å². The maximum absolute atomic E-state index is 15.6. The lowest BCUT2D eigenvalue weighted by atomic mass is 9.83. The first-order valence-corrected chi connectivity index (χ1v) is 12.9. The van der Waals surface area contributed by atoms with Gasteiger partial charge in [-0.3, -0.25) is 14.6 Å². The zero-order chi connectivity index (χ0) is 26.4. The Kier molecular flexibility index (Phi) is 8.54. The molecule has 1 aromatic heterocycles. The van der Waals surface area contributed by atoms with Crippen LogP contribution in [-0.2, 0) is 16.0 Å². The molecule has 0 radical (unpaired) electrons. The second-order valence-corrected chi connectivity index (χ2v) is 9.57. The maximum Gasteiger partial charge on any atom is 0.303 e. The van der Waals surface area contributed by atoms with Crippen molar-refractivity contribution in [2.24, 2.45) is 5.92 Å². The number of amides is 1. The molecule has 1 amide bonds. The van der Waals surface area contributed by atoms with Crippen molar-refractivity contribution in [2.45, 2.75) is 58.3 Å². The molecule has 0 saturated heterocycles. The van der Waals surface area contributed by atoms with Crippen LogP contribution in [0.2, 0.25) is 0 Å². The highest BCUT2D eigenvalue weighted by Crippen LogP contribution is 2.40. The number of aromatic nitrogens is 1. The van der Waals surface area contributed by atoms with Crippen LogP contribution < -0.4 is 10.1 Å². The van der Waals surface area contributed by atoms with Gasteiger partial charge in [0.1, 0.15) is 11.6 Å². The first kappa shape index (κ1) is 26.3. The van der Waals surface area contributed by atoms with Crippen molar-refractivity contribution in [1.29, 1.82) is 0 Å². The molecule has 0 spiro atoms. The van der Waals surface area contributed by atoms with E-state index >= 15 is 4.39 Å². The standard InChI is InChI=1S/C30H33FN2O4/c1-3-37-24-15-23(17-32-18-24)22-11-13-25(26(31)16-22)29(21-7-4-5-8-21)30(36)33-27-10-6-9-20(19(27)2)12-14-28(34)35/h6,9-11,13,15-18,21,29H,3-5,7-8,12,14H2,1-2H3,(H,33,36)(H,34,35)/t29-/m1/s1. The molecule has 194 valence electrons. The highest BCUT2D eigenvalue weighted by Gasteiger charge is 2.34. The van der Waals surface area contributed by atoms with Gasteiger partial charge in [-0.2, -0.15) is 0 Å². The van der Waals surface area contributed by atoms with Crippen molar-refractivity contribution in [3.63, 3.8) is 0 Å². The molecule has 1 heterocycles. The highest BCUT2D eigenvalue weighted by atomic mass is 19.1. The molecule has 2 aromatic carbocycles. The molecule has 3 aromatic rings. The Morgan fingerprint density at radius 1 is 1.14 bits per heavy atom. The minimum Gasteiger partial charge on any atom is -0.492 e. The average molecular weight is 505 g/mol. The van der Waals surface area contributed by atoms with E-state index in [0.717, 1.165) is 42.4 Å². The van der Waals surface area contributed by atoms with Crippen molar-refractivity contribution < 1.29 is 23.8 Å². The van der Waals surface area contributed by atoms with Crippen LogP contribution in [0, 0.1) is 18.7 Å². The van der Waals surface area contributed by atoms with Gasteiger partial charge in [0.25, 0.3) is 0 Å². The van der Waals surface area contributed by atoms with Gasteiger partial charge in [-0.15, -0.1) is 0 Å². The number of carboxylic acids is 1. The van der Waals surface area contributed by atoms with E-state index in [2.05, 4.69) is 10.3 Å². The van der Waals surface area contributed by atoms with Gasteiger partial charge >= 0.3 is 5.97 Å². The molecule has 7 heteroatoms. The van der Waals surface area contributed by atoms with Gasteiger partial charge in [0, 0.05) is 29.4 Å². The molecule has 0 unspecified atom stereocenters. The topological polar surface area (TPSA) is 88.5 Å². The fraction of sp³-hybridized carbons (Fsp3) is 0.367. The summed E-state index contributed by atoms with van der Waals surface area (Å²) in [5, 5.41) is 12.1. The summed E-state index contributed by atoms with van der Waals surface area (Å²) in [6, 6.07) is 12.3. The van der Waals surface area contributed by atoms with Crippen LogP contribution in [-0.4, -0.2) is 28.6 Å². The van der Waals surface area contributed by atoms with Gasteiger partial charge in [-0.1, -0.05) is 37.1 Å². The number of carbonyl (C=O) groups is 2. The normalized spacial score (nSPS) is 14.4. The Bertz CT molecular complexity index is 1270. The van der Waals surface area contributed by atoms with Crippen molar-refractivity contribution >= 4 is 17.6 Å². The summed E-state index contributed by atoms with van der Waals surface area (Å²) in [7, 11) is 0. The molecule has 6 nitrogen and oxygen atoms in total. The predicted octanol–water partition coefficient (Wildman–Crippen LogP) is 6.52. The Balaban J connectivity index is 1.62. The number of aliphatic carboxylic acids is 1. The van der Waals surface area contributed by atoms with Gasteiger partial charge in [0.05, 0.1) is 18.7 Å². The van der Waals surface area contributed by atoms with Gasteiger partial charge in [0.2, 0.25) is 5.91 Å². The number of anilines is 1. The van der Waals surface area contributed by atoms with E-state index in [1.165, 1.54) is 6.07 Å². The second kappa shape index (κ2) is 12.0. The Labute approximate surface area is 216 Å². The highest BCUT2D eigenvalue weighted by molar-refractivity contribution is 5.97. The number of benzene rings is 2. The summed E-state index contributed by atoms with van der Waals surface area (Å²) in [6.45, 7) is 4.28. The summed E-state index contributed by atoms with van der Waals surface area (Å²) < 4.78 is 21.1. The number of rotatable bonds is 10. The summed E-state index contributed by atoms with van der Waals surface area (Å²) in [5.74, 6) is -1.47. The molecule has 0 bridgehead atoms. The first-order chi connectivity index (χ1) is 17.9. The van der Waals surface area contributed by atoms with Crippen molar-refractivity contribution in [3.8, 4) is 16.9 Å². The van der Waals surface area contributed by atoms with Gasteiger partial charge < -0.3 is 15.2 Å². The lowest BCUT2D eigenvalue weighted by Crippen LogP contribution is -2.27. The second-order valence-electron chi connectivity index (χ2n) is 9.57. The fourth-order valence-corrected chi connectivity index (χ4v) is 5.22. The number of hydrogen-bond donors (Lipinski definition) is 2. The monoisotopic (exact) mass is 504 g/mol. The van der Waals surface area contributed by atoms with E-state index in [1.807, 2.05) is 38.1 Å². The SMILES string of the molecule is CCOc1cncc(-c2ccc([C@H](C(=O)Nc3cccc(CCC(=O)O)c3C)C3CCCC3)c(F)c2)c1. The summed E-state index contributed by atoms with van der Waals surface area (Å²) in [4.78, 5) is 28.9. The fourth-order valence-electron chi connectivity index (χ4n) is 5.22. The number of nitrogens with one attached hydrogen (secondary N) is 1. The third-order valence-corrected chi connectivity index (χ3v) is 7.16. The van der Waals surface area contributed by atoms with Crippen LogP contribution >= 0.6 is 0 Å². The lowest BCUT2D eigenvalue weighted by molar-refractivity contribution is -0.137. The number of hydrogen-bond acceptors (Lipinski definition) is 4. The molecular formula is C30H33FN2O4. The molecule has 4 rings (SSSR count). The first-order valence-electron chi connectivity index (χ1n) is 12.9. The zero-order valence-corrected chi connectivity index (χ0v) is 21.3. The van der Waals surface area contributed by atoms with Crippen LogP contribution in [0.5, 0.6) is 5.75 Å². The Morgan fingerprint density at radius 2 is 1.92 bits per heavy atom. The summed E-state index contributed by atoms with van der Waals surface area (Å²) >= 11 is 0. The van der Waals surface area contributed by atoms with Crippen molar-refractivity contribution in [1.82, 2.24) is 4.98 Å². The van der Waals surface area contributed by atoms with Crippen molar-refractivity contribution in [2.75, 3.05) is 11.9 Å². The molecule has 37 heavy (non-hydrogen) atoms. The van der Waals surface area contributed by atoms with Crippen LogP contribution in [0.1, 0.15) is 61.6 Å². The molecule has 0 aliphatic heterocycles. The number of nitrogens with zero attached hydrogens (tertiary/aromatic N) is 1. The third kappa shape index (κ3) is 6.34. The molecule has 1 fully saturated rings. The Morgan fingerprint density at radius 3 is 2.62 bits per heavy atom. The third-order valence-electron chi connectivity index (χ3n) is 7.16. The van der Waals surface area contributed by atoms with E-state index < -0.39 is 17.7 Å². The molecule has 1 saturated carbocycles. The number of halogens is 1. The molecule has 1 aliphatic carbocycles. The van der Waals surface area contributed by atoms with Crippen LogP contribution in [0.15, 0.2) is 54.9 Å². The maximum atomic E-state index is 15.6. The molecule has 1 aliphatic rings. The lowest BCUT2D eigenvalue weighted by Gasteiger charge is -2.25.